The summed E-state index contributed by atoms with van der Waals surface area (Å²) in [6.07, 6.45) is 1.74. The van der Waals surface area contributed by atoms with Gasteiger partial charge in [-0.05, 0) is 25.8 Å². The molecule has 0 aromatic carbocycles. The van der Waals surface area contributed by atoms with Gasteiger partial charge in [-0.3, -0.25) is 0 Å². The summed E-state index contributed by atoms with van der Waals surface area (Å²) in [6.45, 7) is 6.34. The summed E-state index contributed by atoms with van der Waals surface area (Å²) >= 11 is 1.70. The molecule has 0 radical (unpaired) electrons. The van der Waals surface area contributed by atoms with Gasteiger partial charge < -0.3 is 5.11 Å². The normalized spacial score (nSPS) is 12.8. The van der Waals surface area contributed by atoms with Crippen LogP contribution in [0.25, 0.3) is 0 Å². The van der Waals surface area contributed by atoms with Crippen LogP contribution in [-0.4, -0.2) is 26.9 Å². The highest BCUT2D eigenvalue weighted by molar-refractivity contribution is 7.99. The van der Waals surface area contributed by atoms with Gasteiger partial charge in [-0.25, -0.2) is 9.97 Å². The number of thioether (sulfide) groups is 1. The zero-order valence-electron chi connectivity index (χ0n) is 9.53. The second-order valence-electron chi connectivity index (χ2n) is 3.54. The SMILES string of the molecule is CCc1cc(SC(C)CCO)nc(C)n1. The predicted molar refractivity (Wildman–Crippen MR) is 63.2 cm³/mol. The monoisotopic (exact) mass is 226 g/mol. The highest BCUT2D eigenvalue weighted by atomic mass is 32.2. The van der Waals surface area contributed by atoms with Crippen LogP contribution in [0, 0.1) is 6.92 Å². The lowest BCUT2D eigenvalue weighted by atomic mass is 10.3. The van der Waals surface area contributed by atoms with E-state index >= 15 is 0 Å². The summed E-state index contributed by atoms with van der Waals surface area (Å²) in [5.41, 5.74) is 1.08. The zero-order chi connectivity index (χ0) is 11.3. The van der Waals surface area contributed by atoms with E-state index in [4.69, 9.17) is 5.11 Å². The third kappa shape index (κ3) is 4.18. The van der Waals surface area contributed by atoms with Gasteiger partial charge >= 0.3 is 0 Å². The quantitative estimate of drug-likeness (QED) is 0.617. The van der Waals surface area contributed by atoms with Crippen LogP contribution in [0.5, 0.6) is 0 Å². The second-order valence-corrected chi connectivity index (χ2v) is 5.00. The molecule has 15 heavy (non-hydrogen) atoms. The zero-order valence-corrected chi connectivity index (χ0v) is 10.3. The van der Waals surface area contributed by atoms with Gasteiger partial charge in [0, 0.05) is 17.6 Å². The van der Waals surface area contributed by atoms with Gasteiger partial charge in [-0.2, -0.15) is 0 Å². The van der Waals surface area contributed by atoms with E-state index in [9.17, 15) is 0 Å². The van der Waals surface area contributed by atoms with Gasteiger partial charge in [0.25, 0.3) is 0 Å². The van der Waals surface area contributed by atoms with Crippen molar-refractivity contribution < 1.29 is 5.11 Å². The topological polar surface area (TPSA) is 46.0 Å². The molecule has 84 valence electrons. The Hall–Kier alpha value is -0.610. The van der Waals surface area contributed by atoms with Crippen LogP contribution in [0.15, 0.2) is 11.1 Å². The van der Waals surface area contributed by atoms with Crippen LogP contribution in [0.4, 0.5) is 0 Å². The fraction of sp³-hybridized carbons (Fsp3) is 0.636. The van der Waals surface area contributed by atoms with Gasteiger partial charge in [0.15, 0.2) is 0 Å². The molecule has 1 atom stereocenters. The molecule has 0 aliphatic rings. The molecule has 0 aliphatic carbocycles. The lowest BCUT2D eigenvalue weighted by Gasteiger charge is -2.09. The minimum absolute atomic E-state index is 0.235. The maximum Gasteiger partial charge on any atom is 0.126 e. The third-order valence-electron chi connectivity index (χ3n) is 2.09. The molecule has 1 N–H and O–H groups in total. The number of rotatable bonds is 5. The Balaban J connectivity index is 2.71. The number of hydrogen-bond donors (Lipinski definition) is 1. The smallest absolute Gasteiger partial charge is 0.126 e. The van der Waals surface area contributed by atoms with Crippen molar-refractivity contribution >= 4 is 11.8 Å². The van der Waals surface area contributed by atoms with E-state index in [1.54, 1.807) is 11.8 Å². The molecule has 0 aliphatic heterocycles. The molecule has 1 rings (SSSR count). The number of nitrogens with zero attached hydrogens (tertiary/aromatic N) is 2. The van der Waals surface area contributed by atoms with Crippen molar-refractivity contribution in [3.63, 3.8) is 0 Å². The van der Waals surface area contributed by atoms with Crippen molar-refractivity contribution in [3.8, 4) is 0 Å². The van der Waals surface area contributed by atoms with Crippen LogP contribution in [0.1, 0.15) is 31.8 Å². The first-order valence-corrected chi connectivity index (χ1v) is 6.15. The summed E-state index contributed by atoms with van der Waals surface area (Å²) in [5, 5.41) is 10.2. The Bertz CT molecular complexity index is 317. The number of hydrogen-bond acceptors (Lipinski definition) is 4. The highest BCUT2D eigenvalue weighted by Gasteiger charge is 2.06. The molecule has 1 heterocycles. The van der Waals surface area contributed by atoms with Gasteiger partial charge in [-0.1, -0.05) is 13.8 Å². The summed E-state index contributed by atoms with van der Waals surface area (Å²) < 4.78 is 0. The highest BCUT2D eigenvalue weighted by Crippen LogP contribution is 2.23. The first-order valence-electron chi connectivity index (χ1n) is 5.27. The molecular weight excluding hydrogens is 208 g/mol. The minimum atomic E-state index is 0.235. The van der Waals surface area contributed by atoms with Crippen molar-refractivity contribution in [2.45, 2.75) is 43.9 Å². The molecule has 0 bridgehead atoms. The molecule has 0 saturated carbocycles. The molecule has 0 saturated heterocycles. The third-order valence-corrected chi connectivity index (χ3v) is 3.18. The van der Waals surface area contributed by atoms with E-state index in [1.807, 2.05) is 13.0 Å². The molecule has 3 nitrogen and oxygen atoms in total. The fourth-order valence-electron chi connectivity index (χ4n) is 1.29. The van der Waals surface area contributed by atoms with E-state index in [1.165, 1.54) is 0 Å². The first-order chi connectivity index (χ1) is 7.15. The maximum absolute atomic E-state index is 8.82. The van der Waals surface area contributed by atoms with Gasteiger partial charge in [-0.15, -0.1) is 11.8 Å². The fourth-order valence-corrected chi connectivity index (χ4v) is 2.31. The van der Waals surface area contributed by atoms with E-state index in [0.717, 1.165) is 29.4 Å². The molecule has 1 aromatic heterocycles. The van der Waals surface area contributed by atoms with E-state index in [-0.39, 0.29) is 6.61 Å². The maximum atomic E-state index is 8.82. The van der Waals surface area contributed by atoms with Crippen molar-refractivity contribution in [2.75, 3.05) is 6.61 Å². The summed E-state index contributed by atoms with van der Waals surface area (Å²) in [6, 6.07) is 2.03. The number of aliphatic hydroxyl groups excluding tert-OH is 1. The van der Waals surface area contributed by atoms with Crippen LogP contribution in [-0.2, 0) is 6.42 Å². The Morgan fingerprint density at radius 1 is 1.47 bits per heavy atom. The Morgan fingerprint density at radius 3 is 2.80 bits per heavy atom. The number of aliphatic hydroxyl groups is 1. The summed E-state index contributed by atoms with van der Waals surface area (Å²) in [7, 11) is 0. The standard InChI is InChI=1S/C11H18N2OS/c1-4-10-7-11(13-9(3)12-10)15-8(2)5-6-14/h7-8,14H,4-6H2,1-3H3. The van der Waals surface area contributed by atoms with Crippen molar-refractivity contribution in [3.05, 3.63) is 17.6 Å². The first kappa shape index (κ1) is 12.5. The number of aromatic nitrogens is 2. The molecule has 1 unspecified atom stereocenters. The van der Waals surface area contributed by atoms with Gasteiger partial charge in [0.05, 0.1) is 0 Å². The Labute approximate surface area is 95.3 Å². The molecule has 0 fully saturated rings. The summed E-state index contributed by atoms with van der Waals surface area (Å²) in [5.74, 6) is 0.827. The second kappa shape index (κ2) is 6.08. The molecular formula is C11H18N2OS. The van der Waals surface area contributed by atoms with Crippen molar-refractivity contribution in [1.82, 2.24) is 9.97 Å². The van der Waals surface area contributed by atoms with Crippen LogP contribution >= 0.6 is 11.8 Å². The van der Waals surface area contributed by atoms with E-state index in [0.29, 0.717) is 5.25 Å². The van der Waals surface area contributed by atoms with Crippen LogP contribution in [0.2, 0.25) is 0 Å². The predicted octanol–water partition coefficient (Wildman–Crippen LogP) is 2.21. The Morgan fingerprint density at radius 2 is 2.20 bits per heavy atom. The molecule has 1 aromatic rings. The lowest BCUT2D eigenvalue weighted by molar-refractivity contribution is 0.289. The summed E-state index contributed by atoms with van der Waals surface area (Å²) in [4.78, 5) is 8.71. The average Bonchev–Trinajstić information content (AvgIpc) is 2.17. The number of aryl methyl sites for hydroxylation is 2. The molecule has 0 amide bonds. The van der Waals surface area contributed by atoms with Gasteiger partial charge in [0.2, 0.25) is 0 Å². The van der Waals surface area contributed by atoms with E-state index < -0.39 is 0 Å². The molecule has 0 spiro atoms. The molecule has 4 heteroatoms. The van der Waals surface area contributed by atoms with Gasteiger partial charge in [0.1, 0.15) is 10.9 Å². The average molecular weight is 226 g/mol. The Kier molecular flexibility index (Phi) is 5.05. The van der Waals surface area contributed by atoms with Crippen molar-refractivity contribution in [1.29, 1.82) is 0 Å². The van der Waals surface area contributed by atoms with Crippen molar-refractivity contribution in [2.24, 2.45) is 0 Å². The van der Waals surface area contributed by atoms with Crippen LogP contribution in [0.3, 0.4) is 0 Å². The minimum Gasteiger partial charge on any atom is -0.396 e. The largest absolute Gasteiger partial charge is 0.396 e. The van der Waals surface area contributed by atoms with E-state index in [2.05, 4.69) is 23.8 Å². The lowest BCUT2D eigenvalue weighted by Crippen LogP contribution is -2.02. The van der Waals surface area contributed by atoms with Crippen LogP contribution < -0.4 is 0 Å².